The Morgan fingerprint density at radius 3 is 2.50 bits per heavy atom. The second-order valence-corrected chi connectivity index (χ2v) is 7.57. The third kappa shape index (κ3) is 4.57. The van der Waals surface area contributed by atoms with Crippen molar-refractivity contribution in [3.8, 4) is 0 Å². The SMILES string of the molecule is CN=C(NCC(=O)N1CCCCC1)N1CCC(c2ccccc2)C(C)C1. The third-order valence-electron chi connectivity index (χ3n) is 5.75. The molecule has 5 heteroatoms. The number of rotatable bonds is 3. The van der Waals surface area contributed by atoms with Crippen molar-refractivity contribution in [1.29, 1.82) is 0 Å². The van der Waals surface area contributed by atoms with E-state index < -0.39 is 0 Å². The maximum absolute atomic E-state index is 12.4. The van der Waals surface area contributed by atoms with E-state index in [4.69, 9.17) is 0 Å². The summed E-state index contributed by atoms with van der Waals surface area (Å²) >= 11 is 0. The van der Waals surface area contributed by atoms with Gasteiger partial charge in [-0.15, -0.1) is 0 Å². The number of carbonyl (C=O) groups excluding carboxylic acids is 1. The molecule has 2 unspecified atom stereocenters. The van der Waals surface area contributed by atoms with Gasteiger partial charge in [0.2, 0.25) is 5.91 Å². The fourth-order valence-electron chi connectivity index (χ4n) is 4.28. The van der Waals surface area contributed by atoms with Crippen LogP contribution in [-0.2, 0) is 4.79 Å². The molecule has 1 aromatic rings. The van der Waals surface area contributed by atoms with Crippen molar-refractivity contribution < 1.29 is 4.79 Å². The summed E-state index contributed by atoms with van der Waals surface area (Å²) < 4.78 is 0. The number of nitrogens with one attached hydrogen (secondary N) is 1. The van der Waals surface area contributed by atoms with E-state index in [1.807, 2.05) is 11.9 Å². The second-order valence-electron chi connectivity index (χ2n) is 7.57. The molecule has 0 aliphatic carbocycles. The van der Waals surface area contributed by atoms with Crippen LogP contribution in [0.2, 0.25) is 0 Å². The number of hydrogen-bond acceptors (Lipinski definition) is 2. The standard InChI is InChI=1S/C21H32N4O/c1-17-16-25(14-11-19(17)18-9-5-3-6-10-18)21(22-2)23-15-20(26)24-12-7-4-8-13-24/h3,5-6,9-10,17,19H,4,7-8,11-16H2,1-2H3,(H,22,23). The summed E-state index contributed by atoms with van der Waals surface area (Å²) in [6.07, 6.45) is 4.62. The molecule has 0 spiro atoms. The van der Waals surface area contributed by atoms with E-state index in [1.165, 1.54) is 12.0 Å². The number of hydrogen-bond donors (Lipinski definition) is 1. The van der Waals surface area contributed by atoms with Crippen LogP contribution in [0.3, 0.4) is 0 Å². The maximum Gasteiger partial charge on any atom is 0.241 e. The third-order valence-corrected chi connectivity index (χ3v) is 5.75. The van der Waals surface area contributed by atoms with Gasteiger partial charge in [0.25, 0.3) is 0 Å². The Hall–Kier alpha value is -2.04. The van der Waals surface area contributed by atoms with Crippen LogP contribution in [0.15, 0.2) is 35.3 Å². The summed E-state index contributed by atoms with van der Waals surface area (Å²) in [5, 5.41) is 3.30. The van der Waals surface area contributed by atoms with E-state index in [9.17, 15) is 4.79 Å². The summed E-state index contributed by atoms with van der Waals surface area (Å²) in [7, 11) is 1.81. The van der Waals surface area contributed by atoms with Crippen LogP contribution in [0.1, 0.15) is 44.1 Å². The predicted octanol–water partition coefficient (Wildman–Crippen LogP) is 2.70. The Kier molecular flexibility index (Phi) is 6.53. The van der Waals surface area contributed by atoms with Crippen molar-refractivity contribution in [3.63, 3.8) is 0 Å². The number of likely N-dealkylation sites (tertiary alicyclic amines) is 2. The summed E-state index contributed by atoms with van der Waals surface area (Å²) in [5.41, 5.74) is 1.43. The van der Waals surface area contributed by atoms with Crippen LogP contribution in [0.5, 0.6) is 0 Å². The van der Waals surface area contributed by atoms with Crippen molar-refractivity contribution >= 4 is 11.9 Å². The number of guanidine groups is 1. The molecule has 2 atom stereocenters. The number of benzene rings is 1. The van der Waals surface area contributed by atoms with Crippen LogP contribution >= 0.6 is 0 Å². The summed E-state index contributed by atoms with van der Waals surface area (Å²) in [4.78, 5) is 21.1. The normalized spacial score (nSPS) is 24.5. The predicted molar refractivity (Wildman–Crippen MR) is 106 cm³/mol. The molecule has 26 heavy (non-hydrogen) atoms. The van der Waals surface area contributed by atoms with Gasteiger partial charge in [-0.05, 0) is 43.1 Å². The molecule has 2 saturated heterocycles. The highest BCUT2D eigenvalue weighted by Crippen LogP contribution is 2.32. The molecular formula is C21H32N4O. The first-order chi connectivity index (χ1) is 12.7. The molecule has 0 aromatic heterocycles. The fourth-order valence-corrected chi connectivity index (χ4v) is 4.28. The Bertz CT molecular complexity index is 610. The topological polar surface area (TPSA) is 47.9 Å². The first-order valence-corrected chi connectivity index (χ1v) is 9.97. The van der Waals surface area contributed by atoms with Gasteiger partial charge < -0.3 is 15.1 Å². The van der Waals surface area contributed by atoms with Crippen molar-refractivity contribution in [1.82, 2.24) is 15.1 Å². The zero-order valence-corrected chi connectivity index (χ0v) is 16.2. The molecule has 2 fully saturated rings. The van der Waals surface area contributed by atoms with Crippen LogP contribution in [-0.4, -0.2) is 61.4 Å². The molecule has 0 saturated carbocycles. The lowest BCUT2D eigenvalue weighted by Crippen LogP contribution is -2.50. The molecule has 3 rings (SSSR count). The summed E-state index contributed by atoms with van der Waals surface area (Å²) in [5.74, 6) is 2.20. The van der Waals surface area contributed by atoms with E-state index in [1.54, 1.807) is 0 Å². The van der Waals surface area contributed by atoms with Gasteiger partial charge in [0.05, 0.1) is 6.54 Å². The van der Waals surface area contributed by atoms with Gasteiger partial charge in [-0.2, -0.15) is 0 Å². The molecule has 1 N–H and O–H groups in total. The molecule has 2 heterocycles. The van der Waals surface area contributed by atoms with Gasteiger partial charge in [-0.1, -0.05) is 37.3 Å². The molecule has 2 aliphatic heterocycles. The second kappa shape index (κ2) is 9.06. The van der Waals surface area contributed by atoms with Gasteiger partial charge in [-0.25, -0.2) is 0 Å². The number of carbonyl (C=O) groups is 1. The van der Waals surface area contributed by atoms with Crippen molar-refractivity contribution in [2.75, 3.05) is 39.8 Å². The minimum Gasteiger partial charge on any atom is -0.347 e. The van der Waals surface area contributed by atoms with Crippen LogP contribution in [0, 0.1) is 5.92 Å². The zero-order chi connectivity index (χ0) is 18.4. The molecule has 1 amide bonds. The van der Waals surface area contributed by atoms with Gasteiger partial charge in [0.1, 0.15) is 0 Å². The van der Waals surface area contributed by atoms with Gasteiger partial charge >= 0.3 is 0 Å². The number of nitrogens with zero attached hydrogens (tertiary/aromatic N) is 3. The first kappa shape index (κ1) is 18.7. The highest BCUT2D eigenvalue weighted by atomic mass is 16.2. The van der Waals surface area contributed by atoms with Crippen molar-refractivity contribution in [3.05, 3.63) is 35.9 Å². The highest BCUT2D eigenvalue weighted by Gasteiger charge is 2.29. The molecule has 5 nitrogen and oxygen atoms in total. The largest absolute Gasteiger partial charge is 0.347 e. The Balaban J connectivity index is 1.52. The first-order valence-electron chi connectivity index (χ1n) is 9.97. The van der Waals surface area contributed by atoms with E-state index in [-0.39, 0.29) is 5.91 Å². The van der Waals surface area contributed by atoms with Crippen LogP contribution in [0.25, 0.3) is 0 Å². The smallest absolute Gasteiger partial charge is 0.241 e. The van der Waals surface area contributed by atoms with Gasteiger partial charge in [-0.3, -0.25) is 9.79 Å². The minimum absolute atomic E-state index is 0.193. The Morgan fingerprint density at radius 1 is 1.12 bits per heavy atom. The lowest BCUT2D eigenvalue weighted by atomic mass is 9.82. The maximum atomic E-state index is 12.4. The number of amides is 1. The van der Waals surface area contributed by atoms with Gasteiger partial charge in [0, 0.05) is 33.2 Å². The molecule has 1 aromatic carbocycles. The monoisotopic (exact) mass is 356 g/mol. The average molecular weight is 357 g/mol. The number of piperidine rings is 2. The van der Waals surface area contributed by atoms with Crippen molar-refractivity contribution in [2.45, 2.75) is 38.5 Å². The lowest BCUT2D eigenvalue weighted by molar-refractivity contribution is -0.130. The quantitative estimate of drug-likeness (QED) is 0.669. The van der Waals surface area contributed by atoms with Crippen LogP contribution < -0.4 is 5.32 Å². The Labute approximate surface area is 157 Å². The number of aliphatic imine (C=N–C) groups is 1. The van der Waals surface area contributed by atoms with E-state index in [0.29, 0.717) is 18.4 Å². The summed E-state index contributed by atoms with van der Waals surface area (Å²) in [6, 6.07) is 10.8. The lowest BCUT2D eigenvalue weighted by Gasteiger charge is -2.39. The van der Waals surface area contributed by atoms with E-state index in [2.05, 4.69) is 52.5 Å². The highest BCUT2D eigenvalue weighted by molar-refractivity contribution is 5.86. The van der Waals surface area contributed by atoms with Crippen molar-refractivity contribution in [2.24, 2.45) is 10.9 Å². The van der Waals surface area contributed by atoms with E-state index >= 15 is 0 Å². The molecule has 2 aliphatic rings. The van der Waals surface area contributed by atoms with Gasteiger partial charge in [0.15, 0.2) is 5.96 Å². The molecule has 142 valence electrons. The van der Waals surface area contributed by atoms with Crippen LogP contribution in [0.4, 0.5) is 0 Å². The molecule has 0 bridgehead atoms. The average Bonchev–Trinajstić information content (AvgIpc) is 2.69. The summed E-state index contributed by atoms with van der Waals surface area (Å²) in [6.45, 7) is 6.41. The van der Waals surface area contributed by atoms with E-state index in [0.717, 1.165) is 51.4 Å². The zero-order valence-electron chi connectivity index (χ0n) is 16.2. The molecule has 0 radical (unpaired) electrons. The Morgan fingerprint density at radius 2 is 1.85 bits per heavy atom. The minimum atomic E-state index is 0.193. The molecular weight excluding hydrogens is 324 g/mol. The fraction of sp³-hybridized carbons (Fsp3) is 0.619.